The van der Waals surface area contributed by atoms with Crippen LogP contribution in [0.25, 0.3) is 11.0 Å². The lowest BCUT2D eigenvalue weighted by molar-refractivity contribution is 0.185. The normalized spacial score (nSPS) is 16.8. The molecule has 4 heterocycles. The summed E-state index contributed by atoms with van der Waals surface area (Å²) in [4.78, 5) is 26.1. The topological polar surface area (TPSA) is 102 Å². The van der Waals surface area contributed by atoms with Gasteiger partial charge in [-0.3, -0.25) is 14.7 Å². The number of hydrogen-bond acceptors (Lipinski definition) is 7. The molecule has 1 fully saturated rings. The summed E-state index contributed by atoms with van der Waals surface area (Å²) in [5.74, 6) is -0.401. The first-order chi connectivity index (χ1) is 17.9. The summed E-state index contributed by atoms with van der Waals surface area (Å²) >= 11 is 0. The van der Waals surface area contributed by atoms with Gasteiger partial charge in [0.1, 0.15) is 23.1 Å². The van der Waals surface area contributed by atoms with Crippen LogP contribution in [-0.4, -0.2) is 45.1 Å². The predicted octanol–water partition coefficient (Wildman–Crippen LogP) is 3.51. The number of rotatable bonds is 4. The Balaban J connectivity index is 1.51. The molecule has 3 aromatic heterocycles. The Labute approximate surface area is 213 Å². The van der Waals surface area contributed by atoms with Gasteiger partial charge < -0.3 is 9.47 Å². The molecule has 37 heavy (non-hydrogen) atoms. The molecule has 1 aromatic carbocycles. The third-order valence-electron chi connectivity index (χ3n) is 6.90. The van der Waals surface area contributed by atoms with Gasteiger partial charge in [-0.15, -0.1) is 0 Å². The summed E-state index contributed by atoms with van der Waals surface area (Å²) in [5, 5.41) is 18.6. The van der Waals surface area contributed by atoms with Gasteiger partial charge >= 0.3 is 0 Å². The van der Waals surface area contributed by atoms with Crippen LogP contribution >= 0.6 is 0 Å². The van der Waals surface area contributed by atoms with E-state index in [-0.39, 0.29) is 17.6 Å². The standard InChI is InChI=1S/C28H24FN7O/c1-18-17-35(28(23-9-7-21(29)16-32-23)20-5-3-19(14-30)4-6-20)11-12-36(18)25-13-26(37)34(2)24-10-8-22(15-31)33-27(24)25/h3-10,13,16,18,28H,11-12,17H2,1-2H3/t18-,28?/m0/s1. The molecule has 9 heteroatoms. The third-order valence-corrected chi connectivity index (χ3v) is 6.90. The van der Waals surface area contributed by atoms with E-state index < -0.39 is 5.82 Å². The van der Waals surface area contributed by atoms with Crippen molar-refractivity contribution < 1.29 is 4.39 Å². The van der Waals surface area contributed by atoms with Gasteiger partial charge in [-0.2, -0.15) is 10.5 Å². The average Bonchev–Trinajstić information content (AvgIpc) is 2.92. The van der Waals surface area contributed by atoms with Crippen LogP contribution in [0.3, 0.4) is 0 Å². The second kappa shape index (κ2) is 9.81. The molecule has 0 N–H and O–H groups in total. The maximum atomic E-state index is 13.7. The molecule has 0 bridgehead atoms. The monoisotopic (exact) mass is 493 g/mol. The van der Waals surface area contributed by atoms with E-state index in [1.807, 2.05) is 12.1 Å². The molecular weight excluding hydrogens is 469 g/mol. The van der Waals surface area contributed by atoms with Gasteiger partial charge in [0, 0.05) is 38.8 Å². The van der Waals surface area contributed by atoms with Crippen molar-refractivity contribution in [3.05, 3.63) is 99.5 Å². The second-order valence-electron chi connectivity index (χ2n) is 9.18. The van der Waals surface area contributed by atoms with Crippen molar-refractivity contribution in [1.82, 2.24) is 19.4 Å². The highest BCUT2D eigenvalue weighted by Gasteiger charge is 2.32. The van der Waals surface area contributed by atoms with Crippen LogP contribution in [0.5, 0.6) is 0 Å². The SMILES string of the molecule is C[C@H]1CN(C(c2ccc(C#N)cc2)c2ccc(F)cn2)CCN1c1cc(=O)n(C)c2ccc(C#N)nc12. The number of benzene rings is 1. The Morgan fingerprint density at radius 3 is 2.49 bits per heavy atom. The number of nitriles is 2. The van der Waals surface area contributed by atoms with Crippen molar-refractivity contribution in [3.63, 3.8) is 0 Å². The van der Waals surface area contributed by atoms with E-state index in [0.29, 0.717) is 53.3 Å². The molecule has 1 aliphatic rings. The van der Waals surface area contributed by atoms with Crippen LogP contribution in [0.15, 0.2) is 65.6 Å². The lowest BCUT2D eigenvalue weighted by Gasteiger charge is -2.44. The zero-order valence-corrected chi connectivity index (χ0v) is 20.5. The summed E-state index contributed by atoms with van der Waals surface area (Å²) in [6, 6.07) is 19.4. The van der Waals surface area contributed by atoms with Gasteiger partial charge in [0.2, 0.25) is 0 Å². The highest BCUT2D eigenvalue weighted by atomic mass is 19.1. The number of hydrogen-bond donors (Lipinski definition) is 0. The molecule has 0 spiro atoms. The zero-order valence-electron chi connectivity index (χ0n) is 20.5. The number of anilines is 1. The number of nitrogens with zero attached hydrogens (tertiary/aromatic N) is 7. The van der Waals surface area contributed by atoms with E-state index in [9.17, 15) is 19.7 Å². The van der Waals surface area contributed by atoms with Crippen LogP contribution in [0.1, 0.15) is 35.5 Å². The average molecular weight is 494 g/mol. The molecular formula is C28H24FN7O. The number of pyridine rings is 3. The van der Waals surface area contributed by atoms with E-state index in [0.717, 1.165) is 5.56 Å². The van der Waals surface area contributed by atoms with Crippen molar-refractivity contribution in [1.29, 1.82) is 10.5 Å². The minimum absolute atomic E-state index is 0.00192. The largest absolute Gasteiger partial charge is 0.364 e. The van der Waals surface area contributed by atoms with E-state index in [4.69, 9.17) is 0 Å². The fourth-order valence-corrected chi connectivity index (χ4v) is 5.03. The summed E-state index contributed by atoms with van der Waals surface area (Å²) in [6.07, 6.45) is 1.22. The first-order valence-corrected chi connectivity index (χ1v) is 11.9. The minimum atomic E-state index is -0.401. The van der Waals surface area contributed by atoms with Crippen LogP contribution in [-0.2, 0) is 7.05 Å². The van der Waals surface area contributed by atoms with Gasteiger partial charge in [0.15, 0.2) is 0 Å². The van der Waals surface area contributed by atoms with E-state index in [2.05, 4.69) is 38.8 Å². The smallest absolute Gasteiger partial charge is 0.252 e. The van der Waals surface area contributed by atoms with Crippen LogP contribution in [0, 0.1) is 28.5 Å². The molecule has 1 aliphatic heterocycles. The minimum Gasteiger partial charge on any atom is -0.364 e. The summed E-state index contributed by atoms with van der Waals surface area (Å²) in [6.45, 7) is 3.97. The molecule has 0 radical (unpaired) electrons. The highest BCUT2D eigenvalue weighted by molar-refractivity contribution is 5.89. The summed E-state index contributed by atoms with van der Waals surface area (Å²) in [7, 11) is 1.70. The molecule has 184 valence electrons. The molecule has 0 amide bonds. The quantitative estimate of drug-likeness (QED) is 0.429. The maximum Gasteiger partial charge on any atom is 0.252 e. The lowest BCUT2D eigenvalue weighted by atomic mass is 9.98. The highest BCUT2D eigenvalue weighted by Crippen LogP contribution is 2.33. The van der Waals surface area contributed by atoms with E-state index in [1.54, 1.807) is 43.4 Å². The molecule has 1 unspecified atom stereocenters. The number of piperazine rings is 1. The Morgan fingerprint density at radius 1 is 1.05 bits per heavy atom. The maximum absolute atomic E-state index is 13.7. The lowest BCUT2D eigenvalue weighted by Crippen LogP contribution is -2.53. The van der Waals surface area contributed by atoms with Crippen molar-refractivity contribution in [2.75, 3.05) is 24.5 Å². The van der Waals surface area contributed by atoms with Gasteiger partial charge in [-0.1, -0.05) is 12.1 Å². The van der Waals surface area contributed by atoms with Crippen molar-refractivity contribution in [2.24, 2.45) is 7.05 Å². The van der Waals surface area contributed by atoms with Crippen molar-refractivity contribution in [2.45, 2.75) is 19.0 Å². The molecule has 2 atom stereocenters. The number of halogens is 1. The van der Waals surface area contributed by atoms with Crippen molar-refractivity contribution >= 4 is 16.7 Å². The Bertz CT molecular complexity index is 1600. The van der Waals surface area contributed by atoms with Crippen LogP contribution in [0.2, 0.25) is 0 Å². The van der Waals surface area contributed by atoms with E-state index in [1.165, 1.54) is 16.8 Å². The number of aromatic nitrogens is 3. The number of aryl methyl sites for hydroxylation is 1. The van der Waals surface area contributed by atoms with E-state index >= 15 is 0 Å². The Kier molecular flexibility index (Phi) is 6.39. The third kappa shape index (κ3) is 4.53. The zero-order chi connectivity index (χ0) is 26.1. The summed E-state index contributed by atoms with van der Waals surface area (Å²) < 4.78 is 15.2. The van der Waals surface area contributed by atoms with Gasteiger partial charge in [-0.05, 0) is 48.9 Å². The fourth-order valence-electron chi connectivity index (χ4n) is 5.03. The number of fused-ring (bicyclic) bond motifs is 1. The van der Waals surface area contributed by atoms with Gasteiger partial charge in [0.05, 0.1) is 40.8 Å². The Hall–Kier alpha value is -4.60. The second-order valence-corrected chi connectivity index (χ2v) is 9.18. The molecule has 4 aromatic rings. The summed E-state index contributed by atoms with van der Waals surface area (Å²) in [5.41, 5.74) is 4.37. The van der Waals surface area contributed by atoms with Gasteiger partial charge in [0.25, 0.3) is 5.56 Å². The predicted molar refractivity (Wildman–Crippen MR) is 137 cm³/mol. The van der Waals surface area contributed by atoms with Gasteiger partial charge in [-0.25, -0.2) is 9.37 Å². The fraction of sp³-hybridized carbons (Fsp3) is 0.250. The van der Waals surface area contributed by atoms with Crippen LogP contribution < -0.4 is 10.5 Å². The first kappa shape index (κ1) is 24.1. The van der Waals surface area contributed by atoms with Crippen molar-refractivity contribution in [3.8, 4) is 12.1 Å². The molecule has 0 aliphatic carbocycles. The molecule has 8 nitrogen and oxygen atoms in total. The first-order valence-electron chi connectivity index (χ1n) is 11.9. The Morgan fingerprint density at radius 2 is 1.84 bits per heavy atom. The molecule has 1 saturated heterocycles. The molecule has 0 saturated carbocycles. The molecule has 5 rings (SSSR count). The van der Waals surface area contributed by atoms with Crippen LogP contribution in [0.4, 0.5) is 10.1 Å².